The number of rotatable bonds is 11. The second kappa shape index (κ2) is 11.5. The van der Waals surface area contributed by atoms with Crippen molar-refractivity contribution in [3.63, 3.8) is 0 Å². The molecular formula is C20H24F2N2O5S. The summed E-state index contributed by atoms with van der Waals surface area (Å²) in [5, 5.41) is 2.27. The molecule has 1 aromatic rings. The number of methoxy groups -OCH3 is 1. The van der Waals surface area contributed by atoms with E-state index in [4.69, 9.17) is 4.74 Å². The van der Waals surface area contributed by atoms with Gasteiger partial charge < -0.3 is 14.8 Å². The van der Waals surface area contributed by atoms with Gasteiger partial charge in [0.2, 0.25) is 5.91 Å². The third kappa shape index (κ3) is 6.72. The van der Waals surface area contributed by atoms with Crippen LogP contribution in [0.1, 0.15) is 38.2 Å². The van der Waals surface area contributed by atoms with E-state index in [-0.39, 0.29) is 35.4 Å². The minimum absolute atomic E-state index is 0.0754. The van der Waals surface area contributed by atoms with E-state index < -0.39 is 17.8 Å². The topological polar surface area (TPSA) is 84.9 Å². The van der Waals surface area contributed by atoms with Gasteiger partial charge in [-0.1, -0.05) is 25.8 Å². The number of alkyl halides is 2. The van der Waals surface area contributed by atoms with Gasteiger partial charge in [-0.3, -0.25) is 19.3 Å². The number of nitrogens with one attached hydrogen (secondary N) is 1. The van der Waals surface area contributed by atoms with E-state index in [9.17, 15) is 23.2 Å². The van der Waals surface area contributed by atoms with E-state index in [2.05, 4.69) is 10.1 Å². The van der Waals surface area contributed by atoms with Gasteiger partial charge in [0.1, 0.15) is 0 Å². The number of thioether (sulfide) groups is 1. The molecule has 164 valence electrons. The van der Waals surface area contributed by atoms with Crippen molar-refractivity contribution in [3.8, 4) is 11.5 Å². The lowest BCUT2D eigenvalue weighted by Crippen LogP contribution is -2.37. The predicted octanol–water partition coefficient (Wildman–Crippen LogP) is 4.03. The van der Waals surface area contributed by atoms with E-state index >= 15 is 0 Å². The molecule has 2 rings (SSSR count). The number of hydrogen-bond donors (Lipinski definition) is 1. The number of imide groups is 1. The summed E-state index contributed by atoms with van der Waals surface area (Å²) < 4.78 is 34.2. The van der Waals surface area contributed by atoms with Crippen LogP contribution in [0.15, 0.2) is 23.1 Å². The Morgan fingerprint density at radius 2 is 2.03 bits per heavy atom. The van der Waals surface area contributed by atoms with Crippen molar-refractivity contribution in [2.24, 2.45) is 0 Å². The number of amides is 3. The number of ether oxygens (including phenoxy) is 2. The molecule has 0 bridgehead atoms. The summed E-state index contributed by atoms with van der Waals surface area (Å²) in [4.78, 5) is 37.7. The number of benzene rings is 1. The largest absolute Gasteiger partial charge is 0.493 e. The first-order valence-corrected chi connectivity index (χ1v) is 10.3. The summed E-state index contributed by atoms with van der Waals surface area (Å²) in [5.74, 6) is -0.636. The highest BCUT2D eigenvalue weighted by Gasteiger charge is 2.34. The van der Waals surface area contributed by atoms with Crippen LogP contribution in [0.5, 0.6) is 11.5 Å². The summed E-state index contributed by atoms with van der Waals surface area (Å²) in [5.41, 5.74) is 0.489. The maximum atomic E-state index is 12.5. The Morgan fingerprint density at radius 3 is 2.70 bits per heavy atom. The number of carbonyl (C=O) groups is 3. The van der Waals surface area contributed by atoms with Gasteiger partial charge in [-0.2, -0.15) is 8.78 Å². The first-order valence-electron chi connectivity index (χ1n) is 9.50. The number of unbranched alkanes of at least 4 members (excludes halogenated alkanes) is 2. The summed E-state index contributed by atoms with van der Waals surface area (Å²) in [6, 6.07) is 4.21. The van der Waals surface area contributed by atoms with E-state index in [1.54, 1.807) is 0 Å². The van der Waals surface area contributed by atoms with Gasteiger partial charge in [0.25, 0.3) is 11.1 Å². The molecule has 0 spiro atoms. The Kier molecular flexibility index (Phi) is 9.10. The van der Waals surface area contributed by atoms with Crippen LogP contribution in [0.2, 0.25) is 0 Å². The highest BCUT2D eigenvalue weighted by molar-refractivity contribution is 8.18. The van der Waals surface area contributed by atoms with Crippen LogP contribution in [0.3, 0.4) is 0 Å². The summed E-state index contributed by atoms with van der Waals surface area (Å²) in [6.07, 6.45) is 4.69. The minimum atomic E-state index is -2.99. The zero-order valence-corrected chi connectivity index (χ0v) is 17.6. The molecule has 1 N–H and O–H groups in total. The minimum Gasteiger partial charge on any atom is -0.493 e. The molecule has 3 amide bonds. The van der Waals surface area contributed by atoms with Gasteiger partial charge >= 0.3 is 6.61 Å². The normalized spacial score (nSPS) is 15.2. The second-order valence-corrected chi connectivity index (χ2v) is 7.42. The van der Waals surface area contributed by atoms with Crippen molar-refractivity contribution in [2.45, 2.75) is 39.2 Å². The number of carbonyl (C=O) groups excluding carboxylic acids is 3. The Labute approximate surface area is 177 Å². The molecule has 0 unspecified atom stereocenters. The van der Waals surface area contributed by atoms with Crippen LogP contribution in [0.25, 0.3) is 6.08 Å². The van der Waals surface area contributed by atoms with Gasteiger partial charge in [-0.15, -0.1) is 0 Å². The average molecular weight is 442 g/mol. The van der Waals surface area contributed by atoms with Gasteiger partial charge in [0.15, 0.2) is 11.5 Å². The zero-order valence-electron chi connectivity index (χ0n) is 16.8. The van der Waals surface area contributed by atoms with Crippen LogP contribution >= 0.6 is 11.8 Å². The van der Waals surface area contributed by atoms with Crippen LogP contribution in [0, 0.1) is 0 Å². The molecule has 0 aromatic heterocycles. The zero-order chi connectivity index (χ0) is 22.1. The van der Waals surface area contributed by atoms with E-state index in [1.165, 1.54) is 31.4 Å². The fraction of sp³-hybridized carbons (Fsp3) is 0.450. The van der Waals surface area contributed by atoms with Crippen molar-refractivity contribution in [3.05, 3.63) is 28.7 Å². The van der Waals surface area contributed by atoms with Crippen LogP contribution in [-0.4, -0.2) is 48.8 Å². The highest BCUT2D eigenvalue weighted by Crippen LogP contribution is 2.34. The van der Waals surface area contributed by atoms with Crippen molar-refractivity contribution in [2.75, 3.05) is 20.2 Å². The van der Waals surface area contributed by atoms with Crippen LogP contribution in [-0.2, 0) is 9.59 Å². The first kappa shape index (κ1) is 23.7. The van der Waals surface area contributed by atoms with Gasteiger partial charge in [0.05, 0.1) is 12.0 Å². The quantitative estimate of drug-likeness (QED) is 0.411. The molecule has 0 atom stereocenters. The van der Waals surface area contributed by atoms with Gasteiger partial charge in [0, 0.05) is 19.5 Å². The second-order valence-electron chi connectivity index (χ2n) is 6.43. The molecule has 0 saturated carbocycles. The van der Waals surface area contributed by atoms with E-state index in [0.29, 0.717) is 12.0 Å². The molecule has 10 heteroatoms. The van der Waals surface area contributed by atoms with E-state index in [1.807, 2.05) is 6.92 Å². The smallest absolute Gasteiger partial charge is 0.387 e. The van der Waals surface area contributed by atoms with Crippen molar-refractivity contribution in [1.29, 1.82) is 0 Å². The standard InChI is InChI=1S/C20H24F2N2O5S/c1-3-4-5-6-17(25)23-9-10-24-18(26)16(30-20(24)27)12-13-7-8-14(29-19(21)22)15(11-13)28-2/h7-8,11-12,19H,3-6,9-10H2,1-2H3,(H,23,25)/b16-12-. The SMILES string of the molecule is CCCCCC(=O)NCCN1C(=O)S/C(=C\c2ccc(OC(F)F)c(OC)c2)C1=O. The lowest BCUT2D eigenvalue weighted by atomic mass is 10.2. The molecule has 1 saturated heterocycles. The van der Waals surface area contributed by atoms with Gasteiger partial charge in [-0.05, 0) is 42.0 Å². The predicted molar refractivity (Wildman–Crippen MR) is 109 cm³/mol. The highest BCUT2D eigenvalue weighted by atomic mass is 32.2. The molecule has 1 heterocycles. The summed E-state index contributed by atoms with van der Waals surface area (Å²) in [7, 11) is 1.31. The monoisotopic (exact) mass is 442 g/mol. The molecule has 1 aliphatic rings. The molecule has 0 radical (unpaired) electrons. The fourth-order valence-corrected chi connectivity index (χ4v) is 3.61. The molecule has 7 nitrogen and oxygen atoms in total. The average Bonchev–Trinajstić information content (AvgIpc) is 2.96. The Balaban J connectivity index is 1.98. The number of hydrogen-bond acceptors (Lipinski definition) is 6. The maximum absolute atomic E-state index is 12.5. The first-order chi connectivity index (χ1) is 14.3. The van der Waals surface area contributed by atoms with Crippen molar-refractivity contribution < 1.29 is 32.6 Å². The molecule has 1 aromatic carbocycles. The number of nitrogens with zero attached hydrogens (tertiary/aromatic N) is 1. The lowest BCUT2D eigenvalue weighted by molar-refractivity contribution is -0.124. The summed E-state index contributed by atoms with van der Waals surface area (Å²) >= 11 is 0.774. The number of halogens is 2. The summed E-state index contributed by atoms with van der Waals surface area (Å²) in [6.45, 7) is -0.684. The lowest BCUT2D eigenvalue weighted by Gasteiger charge is -2.13. The fourth-order valence-electron chi connectivity index (χ4n) is 2.74. The van der Waals surface area contributed by atoms with Crippen molar-refractivity contribution >= 4 is 34.9 Å². The van der Waals surface area contributed by atoms with Crippen LogP contribution in [0.4, 0.5) is 13.6 Å². The molecular weight excluding hydrogens is 418 g/mol. The molecule has 1 aliphatic heterocycles. The van der Waals surface area contributed by atoms with Gasteiger partial charge in [-0.25, -0.2) is 0 Å². The maximum Gasteiger partial charge on any atom is 0.387 e. The Morgan fingerprint density at radius 1 is 1.27 bits per heavy atom. The molecule has 0 aliphatic carbocycles. The Bertz CT molecular complexity index is 816. The molecule has 30 heavy (non-hydrogen) atoms. The third-order valence-corrected chi connectivity index (χ3v) is 5.15. The molecule has 1 fully saturated rings. The van der Waals surface area contributed by atoms with Crippen LogP contribution < -0.4 is 14.8 Å². The third-order valence-electron chi connectivity index (χ3n) is 4.24. The van der Waals surface area contributed by atoms with E-state index in [0.717, 1.165) is 35.9 Å². The van der Waals surface area contributed by atoms with Crippen molar-refractivity contribution in [1.82, 2.24) is 10.2 Å². The Hall–Kier alpha value is -2.62.